The second-order valence-corrected chi connectivity index (χ2v) is 6.47. The van der Waals surface area contributed by atoms with Gasteiger partial charge in [-0.2, -0.15) is 0 Å². The Labute approximate surface area is 148 Å². The van der Waals surface area contributed by atoms with Gasteiger partial charge in [0.1, 0.15) is 6.33 Å². The molecule has 1 aromatic heterocycles. The minimum atomic E-state index is -0.608. The van der Waals surface area contributed by atoms with Gasteiger partial charge in [0.2, 0.25) is 6.41 Å². The summed E-state index contributed by atoms with van der Waals surface area (Å²) in [7, 11) is 0. The summed E-state index contributed by atoms with van der Waals surface area (Å²) in [6.45, 7) is 2.47. The Kier molecular flexibility index (Phi) is 4.85. The van der Waals surface area contributed by atoms with Crippen molar-refractivity contribution in [2.75, 3.05) is 16.8 Å². The molecular formula is C16H16N6O2S. The molecule has 0 saturated carbocycles. The van der Waals surface area contributed by atoms with Crippen molar-refractivity contribution in [3.63, 3.8) is 0 Å². The molecule has 0 fully saturated rings. The maximum Gasteiger partial charge on any atom is 0.277 e. The summed E-state index contributed by atoms with van der Waals surface area (Å²) < 4.78 is 0. The molecule has 0 saturated heterocycles. The number of nitrogens with zero attached hydrogens (tertiary/aromatic N) is 4. The van der Waals surface area contributed by atoms with Crippen molar-refractivity contribution in [2.24, 2.45) is 5.73 Å². The topological polar surface area (TPSA) is 114 Å². The van der Waals surface area contributed by atoms with Crippen LogP contribution < -0.4 is 16.0 Å². The summed E-state index contributed by atoms with van der Waals surface area (Å²) in [5.74, 6) is -0.0453. The standard InChI is InChI=1S/C16H16N6O2S/c1-10-19-8-20-14(7-18-16(25-10)15(17)24)22-5-4-11-6-12(21-9-23)2-3-13(11)22/h2-3,6-9H,4-5H2,1H3,(H2,17,24)(H,21,23). The molecule has 25 heavy (non-hydrogen) atoms. The smallest absolute Gasteiger partial charge is 0.277 e. The van der Waals surface area contributed by atoms with Gasteiger partial charge < -0.3 is 16.0 Å². The fourth-order valence-electron chi connectivity index (χ4n) is 2.56. The summed E-state index contributed by atoms with van der Waals surface area (Å²) >= 11 is 1.11. The first-order valence-corrected chi connectivity index (χ1v) is 8.33. The Morgan fingerprint density at radius 2 is 2.20 bits per heavy atom. The van der Waals surface area contributed by atoms with Crippen molar-refractivity contribution >= 4 is 40.8 Å². The summed E-state index contributed by atoms with van der Waals surface area (Å²) in [6, 6.07) is 5.67. The van der Waals surface area contributed by atoms with Gasteiger partial charge in [-0.3, -0.25) is 9.59 Å². The molecule has 2 aromatic rings. The number of primary amides is 1. The van der Waals surface area contributed by atoms with Crippen LogP contribution >= 0.6 is 11.3 Å². The van der Waals surface area contributed by atoms with Crippen LogP contribution in [0.2, 0.25) is 0 Å². The second-order valence-electron chi connectivity index (χ2n) is 5.29. The van der Waals surface area contributed by atoms with Crippen molar-refractivity contribution in [1.82, 2.24) is 15.0 Å². The molecule has 128 valence electrons. The third-order valence-corrected chi connectivity index (χ3v) is 4.56. The zero-order valence-corrected chi connectivity index (χ0v) is 14.3. The minimum absolute atomic E-state index is 0.161. The van der Waals surface area contributed by atoms with Gasteiger partial charge in [-0.15, -0.1) is 0 Å². The van der Waals surface area contributed by atoms with E-state index in [-0.39, 0.29) is 5.01 Å². The summed E-state index contributed by atoms with van der Waals surface area (Å²) in [6.07, 6.45) is 4.41. The van der Waals surface area contributed by atoms with Crippen molar-refractivity contribution in [2.45, 2.75) is 13.3 Å². The summed E-state index contributed by atoms with van der Waals surface area (Å²) in [5.41, 5.74) is 8.17. The summed E-state index contributed by atoms with van der Waals surface area (Å²) in [5, 5.41) is 3.43. The van der Waals surface area contributed by atoms with E-state index in [1.165, 1.54) is 12.5 Å². The van der Waals surface area contributed by atoms with E-state index < -0.39 is 5.91 Å². The zero-order valence-electron chi connectivity index (χ0n) is 13.5. The molecule has 0 aliphatic carbocycles. The zero-order chi connectivity index (χ0) is 17.8. The number of fused-ring (bicyclic) bond motifs is 1. The van der Waals surface area contributed by atoms with Crippen LogP contribution in [-0.2, 0) is 11.2 Å². The SMILES string of the molecule is Cc1ncnc(N2CCc3cc(NC=O)ccc32)cnc(C(N)=O)s1. The van der Waals surface area contributed by atoms with Crippen molar-refractivity contribution < 1.29 is 9.59 Å². The highest BCUT2D eigenvalue weighted by molar-refractivity contribution is 7.12. The average Bonchev–Trinajstić information content (AvgIpc) is 3.02. The lowest BCUT2D eigenvalue weighted by Gasteiger charge is -2.17. The largest absolute Gasteiger partial charge is 0.364 e. The molecule has 3 rings (SSSR count). The predicted octanol–water partition coefficient (Wildman–Crippen LogP) is 1.73. The molecule has 0 bridgehead atoms. The van der Waals surface area contributed by atoms with E-state index in [4.69, 9.17) is 5.73 Å². The molecule has 1 aromatic carbocycles. The molecule has 8 nitrogen and oxygen atoms in total. The Morgan fingerprint density at radius 3 is 2.96 bits per heavy atom. The van der Waals surface area contributed by atoms with Gasteiger partial charge in [0.25, 0.3) is 5.91 Å². The van der Waals surface area contributed by atoms with Crippen molar-refractivity contribution in [1.29, 1.82) is 0 Å². The van der Waals surface area contributed by atoms with Gasteiger partial charge >= 0.3 is 0 Å². The van der Waals surface area contributed by atoms with Gasteiger partial charge in [-0.1, -0.05) is 11.3 Å². The van der Waals surface area contributed by atoms with Crippen LogP contribution in [0.4, 0.5) is 17.2 Å². The predicted molar refractivity (Wildman–Crippen MR) is 95.4 cm³/mol. The molecular weight excluding hydrogens is 340 g/mol. The van der Waals surface area contributed by atoms with E-state index in [9.17, 15) is 9.59 Å². The molecule has 2 amide bonds. The number of nitrogens with two attached hydrogens (primary N) is 1. The van der Waals surface area contributed by atoms with Crippen LogP contribution in [0.1, 0.15) is 20.4 Å². The van der Waals surface area contributed by atoms with Crippen LogP contribution in [-0.4, -0.2) is 33.8 Å². The van der Waals surface area contributed by atoms with E-state index >= 15 is 0 Å². The number of aryl methyl sites for hydroxylation is 1. The Hall–Kier alpha value is -3.07. The normalized spacial score (nSPS) is 12.3. The lowest BCUT2D eigenvalue weighted by atomic mass is 10.1. The monoisotopic (exact) mass is 356 g/mol. The number of rotatable bonds is 4. The molecule has 3 N–H and O–H groups in total. The van der Waals surface area contributed by atoms with E-state index in [1.54, 1.807) is 6.92 Å². The highest BCUT2D eigenvalue weighted by Gasteiger charge is 2.21. The summed E-state index contributed by atoms with van der Waals surface area (Å²) in [4.78, 5) is 36.8. The number of nitrogens with one attached hydrogen (secondary N) is 1. The number of benzene rings is 1. The molecule has 0 atom stereocenters. The molecule has 0 spiro atoms. The quantitative estimate of drug-likeness (QED) is 0.806. The van der Waals surface area contributed by atoms with Gasteiger partial charge in [-0.25, -0.2) is 15.0 Å². The number of hydrogen-bond acceptors (Lipinski definition) is 7. The van der Waals surface area contributed by atoms with Crippen molar-refractivity contribution in [3.05, 3.63) is 46.3 Å². The minimum Gasteiger partial charge on any atom is -0.364 e. The third-order valence-electron chi connectivity index (χ3n) is 3.66. The first kappa shape index (κ1) is 16.8. The Balaban J connectivity index is 2.04. The molecule has 2 heterocycles. The average molecular weight is 356 g/mol. The lowest BCUT2D eigenvalue weighted by Crippen LogP contribution is -2.15. The second kappa shape index (κ2) is 7.22. The number of anilines is 3. The van der Waals surface area contributed by atoms with Crippen LogP contribution in [0.25, 0.3) is 0 Å². The number of hydrogen-bond donors (Lipinski definition) is 2. The van der Waals surface area contributed by atoms with Crippen LogP contribution in [0.15, 0.2) is 30.7 Å². The van der Waals surface area contributed by atoms with Gasteiger partial charge in [-0.05, 0) is 37.1 Å². The molecule has 1 aliphatic heterocycles. The van der Waals surface area contributed by atoms with E-state index in [2.05, 4.69) is 20.3 Å². The number of carbonyl (C=O) groups excluding carboxylic acids is 2. The Morgan fingerprint density at radius 1 is 1.36 bits per heavy atom. The molecule has 0 unspecified atom stereocenters. The van der Waals surface area contributed by atoms with Crippen molar-refractivity contribution in [3.8, 4) is 0 Å². The fourth-order valence-corrected chi connectivity index (χ4v) is 3.15. The number of amides is 2. The maximum atomic E-state index is 11.5. The van der Waals surface area contributed by atoms with Gasteiger partial charge in [0.05, 0.1) is 11.2 Å². The van der Waals surface area contributed by atoms with E-state index in [0.717, 1.165) is 34.7 Å². The van der Waals surface area contributed by atoms with Gasteiger partial charge in [0.15, 0.2) is 10.8 Å². The third kappa shape index (κ3) is 3.72. The fraction of sp³-hybridized carbons (Fsp3) is 0.188. The molecule has 0 radical (unpaired) electrons. The van der Waals surface area contributed by atoms with E-state index in [1.807, 2.05) is 23.1 Å². The molecule has 1 aliphatic rings. The maximum absolute atomic E-state index is 11.5. The highest BCUT2D eigenvalue weighted by Crippen LogP contribution is 2.34. The first-order chi connectivity index (χ1) is 12.1. The highest BCUT2D eigenvalue weighted by atomic mass is 32.1. The van der Waals surface area contributed by atoms with Crippen LogP contribution in [0.5, 0.6) is 0 Å². The first-order valence-electron chi connectivity index (χ1n) is 7.51. The van der Waals surface area contributed by atoms with Gasteiger partial charge in [0, 0.05) is 17.9 Å². The van der Waals surface area contributed by atoms with E-state index in [0.29, 0.717) is 23.8 Å². The number of carbonyl (C=O) groups is 2. The molecule has 9 heteroatoms. The van der Waals surface area contributed by atoms with Crippen LogP contribution in [0, 0.1) is 6.92 Å². The lowest BCUT2D eigenvalue weighted by molar-refractivity contribution is -0.105. The Bertz CT molecular complexity index is 881. The number of aromatic nitrogens is 3. The van der Waals surface area contributed by atoms with Crippen LogP contribution in [0.3, 0.4) is 0 Å².